The third kappa shape index (κ3) is 8.54. The second kappa shape index (κ2) is 14.3. The molecule has 3 amide bonds. The Hall–Kier alpha value is -4.41. The van der Waals surface area contributed by atoms with Crippen molar-refractivity contribution in [2.75, 3.05) is 23.5 Å². The van der Waals surface area contributed by atoms with Crippen LogP contribution in [0.25, 0.3) is 6.08 Å². The van der Waals surface area contributed by atoms with Crippen LogP contribution in [0.2, 0.25) is 0 Å². The minimum atomic E-state index is -0.550. The van der Waals surface area contributed by atoms with Crippen molar-refractivity contribution in [3.8, 4) is 5.75 Å². The van der Waals surface area contributed by atoms with E-state index in [1.54, 1.807) is 91.0 Å². The summed E-state index contributed by atoms with van der Waals surface area (Å²) in [5.74, 6) is -1.36. The lowest BCUT2D eigenvalue weighted by Gasteiger charge is -2.13. The molecule has 0 saturated carbocycles. The van der Waals surface area contributed by atoms with Crippen LogP contribution in [0.4, 0.5) is 15.8 Å². The predicted octanol–water partition coefficient (Wildman–Crippen LogP) is 6.74. The fraction of sp³-hybridized carbons (Fsp3) is 0.0645. The van der Waals surface area contributed by atoms with Crippen molar-refractivity contribution in [2.45, 2.75) is 4.90 Å². The van der Waals surface area contributed by atoms with Crippen LogP contribution in [-0.4, -0.2) is 30.6 Å². The van der Waals surface area contributed by atoms with Crippen LogP contribution >= 0.6 is 27.7 Å². The fourth-order valence-corrected chi connectivity index (χ4v) is 4.76. The molecule has 208 valence electrons. The number of nitrogens with one attached hydrogen (secondary N) is 3. The zero-order valence-electron chi connectivity index (χ0n) is 21.8. The number of rotatable bonds is 10. The number of halogens is 2. The van der Waals surface area contributed by atoms with Crippen molar-refractivity contribution in [1.82, 2.24) is 5.32 Å². The normalized spacial score (nSPS) is 11.0. The quantitative estimate of drug-likeness (QED) is 0.133. The first-order valence-corrected chi connectivity index (χ1v) is 14.1. The molecule has 0 unspecified atom stereocenters. The number of methoxy groups -OCH3 is 1. The summed E-state index contributed by atoms with van der Waals surface area (Å²) in [6.45, 7) is 0. The molecule has 0 aliphatic rings. The van der Waals surface area contributed by atoms with Gasteiger partial charge in [-0.2, -0.15) is 0 Å². The molecule has 0 aliphatic heterocycles. The monoisotopic (exact) mass is 633 g/mol. The van der Waals surface area contributed by atoms with Gasteiger partial charge in [-0.3, -0.25) is 14.4 Å². The van der Waals surface area contributed by atoms with Crippen molar-refractivity contribution in [1.29, 1.82) is 0 Å². The number of amides is 3. The molecule has 3 N–H and O–H groups in total. The maximum atomic E-state index is 14.0. The van der Waals surface area contributed by atoms with Gasteiger partial charge in [0.15, 0.2) is 0 Å². The smallest absolute Gasteiger partial charge is 0.272 e. The first-order valence-electron chi connectivity index (χ1n) is 12.3. The van der Waals surface area contributed by atoms with E-state index in [1.165, 1.54) is 31.0 Å². The summed E-state index contributed by atoms with van der Waals surface area (Å²) in [5, 5.41) is 8.06. The number of hydrogen-bond donors (Lipinski definition) is 3. The SMILES string of the molecule is COc1ccccc1/C=C(/NC(=O)c1ccccc1)C(=O)Nc1cccc(SCC(=O)Nc2ccc(Br)cc2F)c1. The van der Waals surface area contributed by atoms with Gasteiger partial charge in [0.2, 0.25) is 5.91 Å². The first kappa shape index (κ1) is 29.6. The lowest BCUT2D eigenvalue weighted by molar-refractivity contribution is -0.114. The highest BCUT2D eigenvalue weighted by molar-refractivity contribution is 9.10. The highest BCUT2D eigenvalue weighted by Gasteiger charge is 2.16. The van der Waals surface area contributed by atoms with Gasteiger partial charge in [-0.1, -0.05) is 58.4 Å². The van der Waals surface area contributed by atoms with Crippen molar-refractivity contribution >= 4 is 62.9 Å². The van der Waals surface area contributed by atoms with Crippen molar-refractivity contribution in [3.05, 3.63) is 124 Å². The highest BCUT2D eigenvalue weighted by atomic mass is 79.9. The molecule has 0 bridgehead atoms. The average molecular weight is 635 g/mol. The van der Waals surface area contributed by atoms with E-state index < -0.39 is 17.6 Å². The lowest BCUT2D eigenvalue weighted by atomic mass is 10.1. The zero-order chi connectivity index (χ0) is 29.2. The molecule has 4 aromatic rings. The van der Waals surface area contributed by atoms with E-state index in [2.05, 4.69) is 31.9 Å². The fourth-order valence-electron chi connectivity index (χ4n) is 3.67. The van der Waals surface area contributed by atoms with Crippen LogP contribution in [0.1, 0.15) is 15.9 Å². The number of carbonyl (C=O) groups excluding carboxylic acids is 3. The van der Waals surface area contributed by atoms with Crippen LogP contribution < -0.4 is 20.7 Å². The number of anilines is 2. The van der Waals surface area contributed by atoms with Gasteiger partial charge in [-0.25, -0.2) is 4.39 Å². The number of carbonyl (C=O) groups is 3. The summed E-state index contributed by atoms with van der Waals surface area (Å²) in [7, 11) is 1.52. The van der Waals surface area contributed by atoms with E-state index in [-0.39, 0.29) is 23.0 Å². The minimum Gasteiger partial charge on any atom is -0.496 e. The Bertz CT molecular complexity index is 1600. The average Bonchev–Trinajstić information content (AvgIpc) is 2.98. The summed E-state index contributed by atoms with van der Waals surface area (Å²) in [6.07, 6.45) is 1.54. The molecule has 4 aromatic carbocycles. The molecule has 0 atom stereocenters. The largest absolute Gasteiger partial charge is 0.496 e. The Kier molecular flexibility index (Phi) is 10.3. The van der Waals surface area contributed by atoms with Gasteiger partial charge in [0.25, 0.3) is 11.8 Å². The molecule has 0 radical (unpaired) electrons. The summed E-state index contributed by atoms with van der Waals surface area (Å²) in [5.41, 5.74) is 1.56. The predicted molar refractivity (Wildman–Crippen MR) is 163 cm³/mol. The highest BCUT2D eigenvalue weighted by Crippen LogP contribution is 2.25. The van der Waals surface area contributed by atoms with Crippen LogP contribution in [0.3, 0.4) is 0 Å². The van der Waals surface area contributed by atoms with Crippen molar-refractivity contribution in [3.63, 3.8) is 0 Å². The molecular weight excluding hydrogens is 609 g/mol. The molecule has 7 nitrogen and oxygen atoms in total. The third-order valence-corrected chi connectivity index (χ3v) is 7.12. The molecule has 0 aromatic heterocycles. The molecule has 10 heteroatoms. The van der Waals surface area contributed by atoms with Gasteiger partial charge in [0, 0.05) is 26.2 Å². The molecule has 41 heavy (non-hydrogen) atoms. The molecular formula is C31H25BrFN3O4S. The molecule has 0 saturated heterocycles. The zero-order valence-corrected chi connectivity index (χ0v) is 24.2. The van der Waals surface area contributed by atoms with E-state index in [0.29, 0.717) is 31.9 Å². The topological polar surface area (TPSA) is 96.5 Å². The summed E-state index contributed by atoms with van der Waals surface area (Å²) in [4.78, 5) is 39.4. The minimum absolute atomic E-state index is 0.0114. The lowest BCUT2D eigenvalue weighted by Crippen LogP contribution is -2.30. The van der Waals surface area contributed by atoms with E-state index in [1.807, 2.05) is 0 Å². The number of thioether (sulfide) groups is 1. The first-order chi connectivity index (χ1) is 19.8. The molecule has 0 spiro atoms. The molecule has 0 heterocycles. The Morgan fingerprint density at radius 2 is 1.66 bits per heavy atom. The van der Waals surface area contributed by atoms with Crippen LogP contribution in [0, 0.1) is 5.82 Å². The van der Waals surface area contributed by atoms with Crippen LogP contribution in [0.5, 0.6) is 5.75 Å². The maximum absolute atomic E-state index is 14.0. The Morgan fingerprint density at radius 3 is 2.41 bits per heavy atom. The van der Waals surface area contributed by atoms with Gasteiger partial charge in [-0.05, 0) is 60.7 Å². The Labute approximate surface area is 249 Å². The molecule has 0 aliphatic carbocycles. The van der Waals surface area contributed by atoms with E-state index >= 15 is 0 Å². The number of para-hydroxylation sites is 1. The number of hydrogen-bond acceptors (Lipinski definition) is 5. The molecule has 4 rings (SSSR count). The van der Waals surface area contributed by atoms with E-state index in [0.717, 1.165) is 0 Å². The summed E-state index contributed by atoms with van der Waals surface area (Å²) >= 11 is 4.41. The Morgan fingerprint density at radius 1 is 0.902 bits per heavy atom. The van der Waals surface area contributed by atoms with Crippen LogP contribution in [-0.2, 0) is 9.59 Å². The number of ether oxygens (including phenoxy) is 1. The van der Waals surface area contributed by atoms with Crippen molar-refractivity contribution < 1.29 is 23.5 Å². The van der Waals surface area contributed by atoms with Gasteiger partial charge >= 0.3 is 0 Å². The number of benzene rings is 4. The maximum Gasteiger partial charge on any atom is 0.272 e. The van der Waals surface area contributed by atoms with Crippen molar-refractivity contribution in [2.24, 2.45) is 0 Å². The standard InChI is InChI=1S/C31H25BrFN3O4S/c1-40-28-13-6-5-10-21(28)16-27(36-30(38)20-8-3-2-4-9-20)31(39)34-23-11-7-12-24(18-23)41-19-29(37)35-26-15-14-22(32)17-25(26)33/h2-18H,19H2,1H3,(H,34,39)(H,35,37)(H,36,38)/b27-16+. The van der Waals surface area contributed by atoms with E-state index in [4.69, 9.17) is 4.74 Å². The third-order valence-electron chi connectivity index (χ3n) is 5.63. The molecule has 0 fully saturated rings. The summed E-state index contributed by atoms with van der Waals surface area (Å²) in [6, 6.07) is 27.0. The second-order valence-electron chi connectivity index (χ2n) is 8.56. The van der Waals surface area contributed by atoms with Gasteiger partial charge < -0.3 is 20.7 Å². The second-order valence-corrected chi connectivity index (χ2v) is 10.5. The van der Waals surface area contributed by atoms with Crippen LogP contribution in [0.15, 0.2) is 112 Å². The Balaban J connectivity index is 1.47. The summed E-state index contributed by atoms with van der Waals surface area (Å²) < 4.78 is 20.0. The van der Waals surface area contributed by atoms with Gasteiger partial charge in [0.05, 0.1) is 18.6 Å². The van der Waals surface area contributed by atoms with E-state index in [9.17, 15) is 18.8 Å². The van der Waals surface area contributed by atoms with Gasteiger partial charge in [-0.15, -0.1) is 11.8 Å². The van der Waals surface area contributed by atoms with Gasteiger partial charge in [0.1, 0.15) is 17.3 Å².